The zero-order valence-electron chi connectivity index (χ0n) is 13.6. The first-order valence-electron chi connectivity index (χ1n) is 7.83. The maximum Gasteiger partial charge on any atom is 0.227 e. The van der Waals surface area contributed by atoms with Crippen molar-refractivity contribution in [2.75, 3.05) is 10.6 Å². The maximum atomic E-state index is 4.53. The van der Waals surface area contributed by atoms with Crippen molar-refractivity contribution in [3.8, 4) is 0 Å². The molecule has 0 aliphatic rings. The second kappa shape index (κ2) is 6.52. The molecule has 0 aliphatic heterocycles. The highest BCUT2D eigenvalue weighted by Gasteiger charge is 2.11. The van der Waals surface area contributed by atoms with E-state index in [1.54, 1.807) is 12.4 Å². The molecule has 3 N–H and O–H groups in total. The fraction of sp³-hybridized carbons (Fsp3) is 0.118. The van der Waals surface area contributed by atoms with Gasteiger partial charge in [-0.25, -0.2) is 0 Å². The van der Waals surface area contributed by atoms with Gasteiger partial charge in [0.15, 0.2) is 11.3 Å². The van der Waals surface area contributed by atoms with E-state index < -0.39 is 0 Å². The third-order valence-corrected chi connectivity index (χ3v) is 3.67. The number of aromatic nitrogens is 6. The Kier molecular flexibility index (Phi) is 3.91. The molecular formula is C17H16N8. The molecular weight excluding hydrogens is 316 g/mol. The summed E-state index contributed by atoms with van der Waals surface area (Å²) < 4.78 is 0. The number of fused-ring (bicyclic) bond motifs is 1. The van der Waals surface area contributed by atoms with Gasteiger partial charge in [-0.05, 0) is 30.7 Å². The molecule has 124 valence electrons. The molecule has 25 heavy (non-hydrogen) atoms. The van der Waals surface area contributed by atoms with Crippen LogP contribution in [0.5, 0.6) is 0 Å². The molecule has 8 heteroatoms. The zero-order valence-corrected chi connectivity index (χ0v) is 13.6. The summed E-state index contributed by atoms with van der Waals surface area (Å²) in [5.74, 6) is 1.07. The highest BCUT2D eigenvalue weighted by molar-refractivity contribution is 5.85. The minimum atomic E-state index is 0.472. The van der Waals surface area contributed by atoms with Crippen LogP contribution in [0.15, 0.2) is 48.8 Å². The van der Waals surface area contributed by atoms with Gasteiger partial charge in [0.2, 0.25) is 11.6 Å². The van der Waals surface area contributed by atoms with Crippen molar-refractivity contribution in [3.63, 3.8) is 0 Å². The van der Waals surface area contributed by atoms with Gasteiger partial charge in [0.05, 0.1) is 0 Å². The van der Waals surface area contributed by atoms with E-state index in [1.807, 2.05) is 43.3 Å². The number of rotatable bonds is 5. The summed E-state index contributed by atoms with van der Waals surface area (Å²) in [6, 6.07) is 11.9. The average Bonchev–Trinajstić information content (AvgIpc) is 3.12. The lowest BCUT2D eigenvalue weighted by Crippen LogP contribution is -2.06. The number of aryl methyl sites for hydroxylation is 1. The van der Waals surface area contributed by atoms with E-state index >= 15 is 0 Å². The topological polar surface area (TPSA) is 104 Å². The number of hydrogen-bond donors (Lipinski definition) is 3. The molecule has 0 bridgehead atoms. The number of pyridine rings is 1. The molecule has 3 aromatic heterocycles. The van der Waals surface area contributed by atoms with Crippen LogP contribution in [0.3, 0.4) is 0 Å². The monoisotopic (exact) mass is 332 g/mol. The predicted molar refractivity (Wildman–Crippen MR) is 95.5 cm³/mol. The lowest BCUT2D eigenvalue weighted by atomic mass is 10.2. The summed E-state index contributed by atoms with van der Waals surface area (Å²) in [7, 11) is 0. The number of nitrogens with one attached hydrogen (secondary N) is 3. The van der Waals surface area contributed by atoms with E-state index in [1.165, 1.54) is 5.56 Å². The summed E-state index contributed by atoms with van der Waals surface area (Å²) in [6.07, 6.45) is 3.54. The van der Waals surface area contributed by atoms with Crippen LogP contribution in [0.4, 0.5) is 17.5 Å². The number of nitrogens with zero attached hydrogens (tertiary/aromatic N) is 5. The van der Waals surface area contributed by atoms with Crippen LogP contribution in [0, 0.1) is 6.92 Å². The Morgan fingerprint density at radius 2 is 1.92 bits per heavy atom. The predicted octanol–water partition coefficient (Wildman–Crippen LogP) is 2.81. The molecule has 0 saturated carbocycles. The average molecular weight is 332 g/mol. The summed E-state index contributed by atoms with van der Waals surface area (Å²) in [6.45, 7) is 2.62. The summed E-state index contributed by atoms with van der Waals surface area (Å²) in [5, 5.41) is 17.3. The van der Waals surface area contributed by atoms with Crippen molar-refractivity contribution < 1.29 is 0 Å². The van der Waals surface area contributed by atoms with Gasteiger partial charge in [0, 0.05) is 24.6 Å². The molecule has 0 aliphatic carbocycles. The van der Waals surface area contributed by atoms with Gasteiger partial charge in [-0.3, -0.25) is 4.98 Å². The first kappa shape index (κ1) is 15.0. The third kappa shape index (κ3) is 3.37. The molecule has 0 radical (unpaired) electrons. The van der Waals surface area contributed by atoms with Crippen molar-refractivity contribution in [3.05, 3.63) is 59.9 Å². The number of hydrogen-bond acceptors (Lipinski definition) is 7. The van der Waals surface area contributed by atoms with Gasteiger partial charge in [0.25, 0.3) is 0 Å². The number of H-pyrrole nitrogens is 1. The molecule has 4 aromatic rings. The van der Waals surface area contributed by atoms with Crippen LogP contribution in [0.1, 0.15) is 11.1 Å². The van der Waals surface area contributed by atoms with Crippen molar-refractivity contribution in [2.45, 2.75) is 13.5 Å². The third-order valence-electron chi connectivity index (χ3n) is 3.67. The molecule has 8 nitrogen and oxygen atoms in total. The molecule has 0 fully saturated rings. The van der Waals surface area contributed by atoms with E-state index in [0.717, 1.165) is 11.3 Å². The molecule has 0 atom stereocenters. The van der Waals surface area contributed by atoms with Crippen LogP contribution in [0.25, 0.3) is 11.2 Å². The quantitative estimate of drug-likeness (QED) is 0.516. The van der Waals surface area contributed by atoms with Crippen molar-refractivity contribution in [2.24, 2.45) is 0 Å². The van der Waals surface area contributed by atoms with Crippen LogP contribution in [-0.4, -0.2) is 30.4 Å². The first-order valence-corrected chi connectivity index (χ1v) is 7.83. The fourth-order valence-electron chi connectivity index (χ4n) is 2.37. The Balaban J connectivity index is 1.61. The second-order valence-corrected chi connectivity index (χ2v) is 5.60. The smallest absolute Gasteiger partial charge is 0.227 e. The van der Waals surface area contributed by atoms with Crippen LogP contribution in [0.2, 0.25) is 0 Å². The first-order chi connectivity index (χ1) is 12.3. The van der Waals surface area contributed by atoms with Crippen LogP contribution < -0.4 is 10.6 Å². The number of anilines is 3. The van der Waals surface area contributed by atoms with Gasteiger partial charge < -0.3 is 10.6 Å². The fourth-order valence-corrected chi connectivity index (χ4v) is 2.37. The summed E-state index contributed by atoms with van der Waals surface area (Å²) in [4.78, 5) is 13.0. The van der Waals surface area contributed by atoms with E-state index in [0.29, 0.717) is 29.5 Å². The Morgan fingerprint density at radius 1 is 1.04 bits per heavy atom. The standard InChI is InChI=1S/C17H16N8/c1-11-4-6-13(7-5-11)20-15-14-16(24-25-23-14)22-17(21-15)19-10-12-3-2-8-18-9-12/h2-9H,10H2,1H3,(H3,19,20,21,22,23,24,25). The minimum Gasteiger partial charge on any atom is -0.350 e. The molecule has 0 amide bonds. The van der Waals surface area contributed by atoms with Crippen LogP contribution in [-0.2, 0) is 6.54 Å². The molecule has 0 saturated heterocycles. The highest BCUT2D eigenvalue weighted by atomic mass is 15.4. The van der Waals surface area contributed by atoms with E-state index in [9.17, 15) is 0 Å². The van der Waals surface area contributed by atoms with Gasteiger partial charge in [-0.2, -0.15) is 20.3 Å². The van der Waals surface area contributed by atoms with Crippen molar-refractivity contribution in [1.29, 1.82) is 0 Å². The number of aromatic amines is 1. The van der Waals surface area contributed by atoms with Gasteiger partial charge in [0.1, 0.15) is 0 Å². The van der Waals surface area contributed by atoms with Gasteiger partial charge >= 0.3 is 0 Å². The lowest BCUT2D eigenvalue weighted by molar-refractivity contribution is 0.954. The summed E-state index contributed by atoms with van der Waals surface area (Å²) in [5.41, 5.74) is 4.25. The Hall–Kier alpha value is -3.55. The second-order valence-electron chi connectivity index (χ2n) is 5.60. The number of benzene rings is 1. The van der Waals surface area contributed by atoms with E-state index in [2.05, 4.69) is 41.0 Å². The van der Waals surface area contributed by atoms with Crippen molar-refractivity contribution in [1.82, 2.24) is 30.4 Å². The normalized spacial score (nSPS) is 10.8. The maximum absolute atomic E-state index is 4.53. The van der Waals surface area contributed by atoms with Crippen LogP contribution >= 0.6 is 0 Å². The van der Waals surface area contributed by atoms with E-state index in [4.69, 9.17) is 0 Å². The Labute approximate surface area is 143 Å². The largest absolute Gasteiger partial charge is 0.350 e. The SMILES string of the molecule is Cc1ccc(Nc2nc(NCc3cccnc3)nc3n[nH]nc23)cc1. The molecule has 0 spiro atoms. The molecule has 4 rings (SSSR count). The van der Waals surface area contributed by atoms with E-state index in [-0.39, 0.29) is 0 Å². The summed E-state index contributed by atoms with van der Waals surface area (Å²) >= 11 is 0. The molecule has 3 heterocycles. The van der Waals surface area contributed by atoms with Gasteiger partial charge in [-0.15, -0.1) is 5.10 Å². The highest BCUT2D eigenvalue weighted by Crippen LogP contribution is 2.22. The molecule has 1 aromatic carbocycles. The van der Waals surface area contributed by atoms with Gasteiger partial charge in [-0.1, -0.05) is 23.8 Å². The lowest BCUT2D eigenvalue weighted by Gasteiger charge is -2.09. The molecule has 0 unspecified atom stereocenters. The Bertz CT molecular complexity index is 979. The minimum absolute atomic E-state index is 0.472. The Morgan fingerprint density at radius 3 is 2.72 bits per heavy atom. The van der Waals surface area contributed by atoms with Crippen molar-refractivity contribution >= 4 is 28.6 Å². The zero-order chi connectivity index (χ0) is 17.1.